The van der Waals surface area contributed by atoms with E-state index in [1.807, 2.05) is 0 Å². The molecule has 0 spiro atoms. The van der Waals surface area contributed by atoms with Gasteiger partial charge in [-0.1, -0.05) is 18.9 Å². The maximum absolute atomic E-state index is 5.73. The second-order valence-corrected chi connectivity index (χ2v) is 5.70. The molecule has 18 heavy (non-hydrogen) atoms. The van der Waals surface area contributed by atoms with Gasteiger partial charge in [0, 0.05) is 18.6 Å². The third kappa shape index (κ3) is 3.70. The van der Waals surface area contributed by atoms with Crippen LogP contribution in [0.15, 0.2) is 4.42 Å². The van der Waals surface area contributed by atoms with Gasteiger partial charge in [0.05, 0.1) is 6.54 Å². The van der Waals surface area contributed by atoms with E-state index in [0.29, 0.717) is 30.5 Å². The van der Waals surface area contributed by atoms with Crippen molar-refractivity contribution >= 4 is 6.01 Å². The van der Waals surface area contributed by atoms with Crippen LogP contribution in [0.4, 0.5) is 6.01 Å². The molecular weight excluding hydrogens is 228 g/mol. The maximum Gasteiger partial charge on any atom is 0.318 e. The Morgan fingerprint density at radius 2 is 2.00 bits per heavy atom. The summed E-state index contributed by atoms with van der Waals surface area (Å²) in [6.45, 7) is 10.2. The highest BCUT2D eigenvalue weighted by molar-refractivity contribution is 5.26. The Balaban J connectivity index is 1.96. The van der Waals surface area contributed by atoms with E-state index in [0.717, 1.165) is 12.5 Å². The van der Waals surface area contributed by atoms with E-state index < -0.39 is 0 Å². The molecule has 102 valence electrons. The molecule has 5 nitrogen and oxygen atoms in total. The van der Waals surface area contributed by atoms with Gasteiger partial charge < -0.3 is 14.6 Å². The van der Waals surface area contributed by atoms with Gasteiger partial charge in [-0.15, -0.1) is 5.10 Å². The topological polar surface area (TPSA) is 54.2 Å². The first-order valence-electron chi connectivity index (χ1n) is 6.88. The molecule has 0 radical (unpaired) electrons. The van der Waals surface area contributed by atoms with Crippen molar-refractivity contribution in [2.75, 3.05) is 11.4 Å². The van der Waals surface area contributed by atoms with Gasteiger partial charge in [-0.05, 0) is 32.6 Å². The maximum atomic E-state index is 5.73. The molecule has 5 heteroatoms. The zero-order valence-corrected chi connectivity index (χ0v) is 11.8. The van der Waals surface area contributed by atoms with Crippen molar-refractivity contribution in [3.05, 3.63) is 5.89 Å². The minimum Gasteiger partial charge on any atom is -0.407 e. The number of nitrogens with zero attached hydrogens (tertiary/aromatic N) is 3. The van der Waals surface area contributed by atoms with Gasteiger partial charge in [-0.3, -0.25) is 0 Å². The Morgan fingerprint density at radius 1 is 1.28 bits per heavy atom. The van der Waals surface area contributed by atoms with Gasteiger partial charge in [0.1, 0.15) is 0 Å². The SMILES string of the molecule is CC(C)NCc1nnc(N(CC2CC2)C(C)C)o1. The summed E-state index contributed by atoms with van der Waals surface area (Å²) in [5.74, 6) is 1.48. The summed E-state index contributed by atoms with van der Waals surface area (Å²) in [6.07, 6.45) is 2.66. The lowest BCUT2D eigenvalue weighted by Gasteiger charge is -2.24. The van der Waals surface area contributed by atoms with Crippen molar-refractivity contribution in [2.45, 2.75) is 59.2 Å². The third-order valence-corrected chi connectivity index (χ3v) is 3.14. The number of hydrogen-bond acceptors (Lipinski definition) is 5. The molecule has 1 fully saturated rings. The number of aromatic nitrogens is 2. The minimum atomic E-state index is 0.400. The standard InChI is InChI=1S/C13H24N4O/c1-9(2)14-7-12-15-16-13(18-12)17(10(3)4)8-11-5-6-11/h9-11,14H,5-8H2,1-4H3. The fourth-order valence-corrected chi connectivity index (χ4v) is 1.81. The largest absolute Gasteiger partial charge is 0.407 e. The molecule has 0 unspecified atom stereocenters. The Hall–Kier alpha value is -1.10. The summed E-state index contributed by atoms with van der Waals surface area (Å²) >= 11 is 0. The Labute approximate surface area is 109 Å². The van der Waals surface area contributed by atoms with Crippen LogP contribution in [0.2, 0.25) is 0 Å². The number of nitrogens with one attached hydrogen (secondary N) is 1. The van der Waals surface area contributed by atoms with Crippen LogP contribution < -0.4 is 10.2 Å². The van der Waals surface area contributed by atoms with E-state index in [1.54, 1.807) is 0 Å². The van der Waals surface area contributed by atoms with Crippen molar-refractivity contribution in [1.29, 1.82) is 0 Å². The fraction of sp³-hybridized carbons (Fsp3) is 0.846. The molecule has 1 aromatic heterocycles. The first kappa shape index (κ1) is 13.3. The van der Waals surface area contributed by atoms with Crippen molar-refractivity contribution in [2.24, 2.45) is 5.92 Å². The molecule has 0 bridgehead atoms. The van der Waals surface area contributed by atoms with E-state index in [1.165, 1.54) is 12.8 Å². The van der Waals surface area contributed by atoms with Crippen molar-refractivity contribution in [1.82, 2.24) is 15.5 Å². The summed E-state index contributed by atoms with van der Waals surface area (Å²) in [5.41, 5.74) is 0. The first-order valence-corrected chi connectivity index (χ1v) is 6.88. The van der Waals surface area contributed by atoms with Crippen molar-refractivity contribution in [3.63, 3.8) is 0 Å². The van der Waals surface area contributed by atoms with E-state index in [2.05, 4.69) is 48.1 Å². The lowest BCUT2D eigenvalue weighted by molar-refractivity contribution is 0.437. The van der Waals surface area contributed by atoms with Gasteiger partial charge in [-0.2, -0.15) is 0 Å². The Bertz CT molecular complexity index is 371. The van der Waals surface area contributed by atoms with E-state index in [-0.39, 0.29) is 0 Å². The lowest BCUT2D eigenvalue weighted by atomic mass is 10.3. The molecule has 1 N–H and O–H groups in total. The van der Waals surface area contributed by atoms with Gasteiger partial charge in [0.15, 0.2) is 0 Å². The van der Waals surface area contributed by atoms with Gasteiger partial charge in [0.2, 0.25) is 5.89 Å². The molecule has 1 saturated carbocycles. The second-order valence-electron chi connectivity index (χ2n) is 5.70. The number of anilines is 1. The van der Waals surface area contributed by atoms with Crippen LogP contribution in [0.5, 0.6) is 0 Å². The highest BCUT2D eigenvalue weighted by Gasteiger charge is 2.28. The average molecular weight is 252 g/mol. The summed E-state index contributed by atoms with van der Waals surface area (Å²) < 4.78 is 5.73. The highest BCUT2D eigenvalue weighted by atomic mass is 16.4. The summed E-state index contributed by atoms with van der Waals surface area (Å²) in [4.78, 5) is 2.21. The predicted octanol–water partition coefficient (Wildman–Crippen LogP) is 2.19. The first-order chi connectivity index (χ1) is 8.56. The normalized spacial score (nSPS) is 15.7. The molecule has 1 aliphatic rings. The number of rotatable bonds is 7. The molecule has 0 saturated heterocycles. The molecule has 1 aliphatic carbocycles. The molecule has 2 rings (SSSR count). The van der Waals surface area contributed by atoms with Gasteiger partial charge in [0.25, 0.3) is 0 Å². The summed E-state index contributed by atoms with van der Waals surface area (Å²) in [6, 6.07) is 1.49. The van der Waals surface area contributed by atoms with Crippen molar-refractivity contribution < 1.29 is 4.42 Å². The Kier molecular flexibility index (Phi) is 4.22. The van der Waals surface area contributed by atoms with Crippen LogP contribution in [0.3, 0.4) is 0 Å². The van der Waals surface area contributed by atoms with Crippen LogP contribution in [-0.4, -0.2) is 28.8 Å². The average Bonchev–Trinajstić information content (AvgIpc) is 3.00. The van der Waals surface area contributed by atoms with Crippen LogP contribution in [-0.2, 0) is 6.54 Å². The lowest BCUT2D eigenvalue weighted by Crippen LogP contribution is -2.33. The monoisotopic (exact) mass is 252 g/mol. The zero-order valence-electron chi connectivity index (χ0n) is 11.8. The summed E-state index contributed by atoms with van der Waals surface area (Å²) in [5, 5.41) is 11.5. The van der Waals surface area contributed by atoms with Gasteiger partial charge in [-0.25, -0.2) is 0 Å². The Morgan fingerprint density at radius 3 is 2.56 bits per heavy atom. The highest BCUT2D eigenvalue weighted by Crippen LogP contribution is 2.31. The third-order valence-electron chi connectivity index (χ3n) is 3.14. The molecule has 1 aromatic rings. The smallest absolute Gasteiger partial charge is 0.318 e. The molecule has 1 heterocycles. The molecule has 0 aromatic carbocycles. The molecule has 0 atom stereocenters. The summed E-state index contributed by atoms with van der Waals surface area (Å²) in [7, 11) is 0. The van der Waals surface area contributed by atoms with Crippen LogP contribution >= 0.6 is 0 Å². The molecule has 0 aliphatic heterocycles. The molecular formula is C13H24N4O. The van der Waals surface area contributed by atoms with E-state index in [9.17, 15) is 0 Å². The quantitative estimate of drug-likeness (QED) is 0.806. The van der Waals surface area contributed by atoms with E-state index >= 15 is 0 Å². The van der Waals surface area contributed by atoms with Gasteiger partial charge >= 0.3 is 6.01 Å². The second kappa shape index (κ2) is 5.69. The zero-order chi connectivity index (χ0) is 13.1. The van der Waals surface area contributed by atoms with Crippen molar-refractivity contribution in [3.8, 4) is 0 Å². The fourth-order valence-electron chi connectivity index (χ4n) is 1.81. The molecule has 0 amide bonds. The van der Waals surface area contributed by atoms with E-state index in [4.69, 9.17) is 4.42 Å². The number of hydrogen-bond donors (Lipinski definition) is 1. The van der Waals surface area contributed by atoms with Crippen LogP contribution in [0.25, 0.3) is 0 Å². The van der Waals surface area contributed by atoms with Crippen LogP contribution in [0.1, 0.15) is 46.4 Å². The van der Waals surface area contributed by atoms with Crippen LogP contribution in [0, 0.1) is 5.92 Å². The minimum absolute atomic E-state index is 0.400. The predicted molar refractivity (Wildman–Crippen MR) is 71.5 cm³/mol.